The molecule has 6 heteroatoms. The van der Waals surface area contributed by atoms with E-state index in [4.69, 9.17) is 5.73 Å². The maximum atomic E-state index is 12.9. The zero-order chi connectivity index (χ0) is 13.8. The minimum Gasteiger partial charge on any atom is -0.399 e. The third kappa shape index (κ3) is 3.43. The average molecular weight is 266 g/mol. The first-order valence-corrected chi connectivity index (χ1v) is 5.96. The molecule has 0 radical (unpaired) electrons. The quantitative estimate of drug-likeness (QED) is 0.818. The Morgan fingerprint density at radius 3 is 2.84 bits per heavy atom. The number of nitrogens with two attached hydrogens (primary N) is 1. The van der Waals surface area contributed by atoms with E-state index in [1.54, 1.807) is 24.7 Å². The van der Waals surface area contributed by atoms with Gasteiger partial charge in [-0.3, -0.25) is 0 Å². The Labute approximate surface area is 110 Å². The highest BCUT2D eigenvalue weighted by Gasteiger charge is 2.14. The molecule has 0 saturated heterocycles. The van der Waals surface area contributed by atoms with Crippen LogP contribution in [0, 0.1) is 0 Å². The molecule has 2 rings (SSSR count). The summed E-state index contributed by atoms with van der Waals surface area (Å²) in [4.78, 5) is 3.94. The molecule has 1 aromatic heterocycles. The molecule has 3 N–H and O–H groups in total. The van der Waals surface area contributed by atoms with Gasteiger partial charge in [-0.05, 0) is 25.1 Å². The lowest BCUT2D eigenvalue weighted by molar-refractivity contribution is 0.152. The number of hydrogen-bond acceptors (Lipinski definition) is 3. The molecule has 0 aliphatic carbocycles. The molecule has 4 nitrogen and oxygen atoms in total. The molecule has 0 saturated carbocycles. The van der Waals surface area contributed by atoms with Gasteiger partial charge >= 0.3 is 0 Å². The highest BCUT2D eigenvalue weighted by molar-refractivity contribution is 5.59. The molecule has 0 aliphatic heterocycles. The van der Waals surface area contributed by atoms with Crippen molar-refractivity contribution in [3.63, 3.8) is 0 Å². The van der Waals surface area contributed by atoms with E-state index in [-0.39, 0.29) is 11.6 Å². The number of nitrogens with one attached hydrogen (secondary N) is 1. The van der Waals surface area contributed by atoms with Gasteiger partial charge in [-0.1, -0.05) is 0 Å². The Morgan fingerprint density at radius 2 is 2.21 bits per heavy atom. The van der Waals surface area contributed by atoms with E-state index >= 15 is 0 Å². The summed E-state index contributed by atoms with van der Waals surface area (Å²) in [5, 5.41) is 3.07. The van der Waals surface area contributed by atoms with Gasteiger partial charge in [-0.25, -0.2) is 13.8 Å². The van der Waals surface area contributed by atoms with Crippen molar-refractivity contribution < 1.29 is 8.78 Å². The molecular weight excluding hydrogens is 250 g/mol. The molecule has 1 unspecified atom stereocenters. The van der Waals surface area contributed by atoms with Gasteiger partial charge in [-0.15, -0.1) is 0 Å². The highest BCUT2D eigenvalue weighted by Crippen LogP contribution is 2.29. The maximum absolute atomic E-state index is 12.9. The monoisotopic (exact) mass is 266 g/mol. The van der Waals surface area contributed by atoms with Crippen LogP contribution in [0.4, 0.5) is 20.2 Å². The lowest BCUT2D eigenvalue weighted by Crippen LogP contribution is -2.22. The maximum Gasteiger partial charge on any atom is 0.265 e. The lowest BCUT2D eigenvalue weighted by Gasteiger charge is -2.18. The van der Waals surface area contributed by atoms with Crippen molar-refractivity contribution >= 4 is 11.4 Å². The second-order valence-electron chi connectivity index (χ2n) is 4.45. The summed E-state index contributed by atoms with van der Waals surface area (Å²) in [5.41, 5.74) is 6.21. The third-order valence-corrected chi connectivity index (χ3v) is 2.76. The Bertz CT molecular complexity index is 525. The summed E-state index contributed by atoms with van der Waals surface area (Å²) >= 11 is 0. The molecule has 1 heterocycles. The number of benzene rings is 1. The van der Waals surface area contributed by atoms with Gasteiger partial charge in [0.25, 0.3) is 6.43 Å². The van der Waals surface area contributed by atoms with Crippen LogP contribution in [-0.4, -0.2) is 15.6 Å². The first-order valence-electron chi connectivity index (χ1n) is 5.96. The van der Waals surface area contributed by atoms with Crippen LogP contribution < -0.4 is 11.1 Å². The van der Waals surface area contributed by atoms with E-state index in [2.05, 4.69) is 10.3 Å². The molecule has 2 aromatic rings. The highest BCUT2D eigenvalue weighted by atomic mass is 19.3. The van der Waals surface area contributed by atoms with E-state index in [0.717, 1.165) is 0 Å². The van der Waals surface area contributed by atoms with Gasteiger partial charge in [0.2, 0.25) is 0 Å². The Kier molecular flexibility index (Phi) is 3.99. The van der Waals surface area contributed by atoms with E-state index in [9.17, 15) is 8.78 Å². The fraction of sp³-hybridized carbons (Fsp3) is 0.308. The van der Waals surface area contributed by atoms with E-state index in [0.29, 0.717) is 17.9 Å². The van der Waals surface area contributed by atoms with Gasteiger partial charge in [0.05, 0.1) is 6.33 Å². The number of hydrogen-bond donors (Lipinski definition) is 2. The summed E-state index contributed by atoms with van der Waals surface area (Å²) < 4.78 is 27.7. The molecule has 1 aromatic carbocycles. The minimum absolute atomic E-state index is 0.00433. The number of nitrogens with zero attached hydrogens (tertiary/aromatic N) is 2. The van der Waals surface area contributed by atoms with Crippen molar-refractivity contribution in [2.24, 2.45) is 0 Å². The van der Waals surface area contributed by atoms with Gasteiger partial charge < -0.3 is 15.6 Å². The number of halogens is 2. The van der Waals surface area contributed by atoms with Crippen molar-refractivity contribution in [1.82, 2.24) is 9.55 Å². The number of imidazole rings is 1. The van der Waals surface area contributed by atoms with Crippen LogP contribution in [0.25, 0.3) is 0 Å². The van der Waals surface area contributed by atoms with Crippen LogP contribution in [0.3, 0.4) is 0 Å². The summed E-state index contributed by atoms with van der Waals surface area (Å²) in [6, 6.07) is 4.49. The van der Waals surface area contributed by atoms with E-state index in [1.807, 2.05) is 17.7 Å². The van der Waals surface area contributed by atoms with Gasteiger partial charge in [-0.2, -0.15) is 0 Å². The van der Waals surface area contributed by atoms with Crippen molar-refractivity contribution in [2.45, 2.75) is 25.9 Å². The molecule has 1 atom stereocenters. The summed E-state index contributed by atoms with van der Waals surface area (Å²) in [7, 11) is 0. The van der Waals surface area contributed by atoms with Crippen LogP contribution in [0.5, 0.6) is 0 Å². The lowest BCUT2D eigenvalue weighted by atomic mass is 10.1. The Balaban J connectivity index is 2.10. The van der Waals surface area contributed by atoms with E-state index < -0.39 is 6.43 Å². The zero-order valence-corrected chi connectivity index (χ0v) is 10.6. The third-order valence-electron chi connectivity index (χ3n) is 2.76. The minimum atomic E-state index is -2.55. The van der Waals surface area contributed by atoms with Crippen LogP contribution in [0.1, 0.15) is 18.9 Å². The SMILES string of the molecule is CC(Cn1ccnc1)Nc1ccc(N)cc1C(F)F. The number of aromatic nitrogens is 2. The molecule has 0 aliphatic rings. The largest absolute Gasteiger partial charge is 0.399 e. The topological polar surface area (TPSA) is 55.9 Å². The first-order chi connectivity index (χ1) is 9.06. The van der Waals surface area contributed by atoms with Crippen molar-refractivity contribution in [3.05, 3.63) is 42.5 Å². The van der Waals surface area contributed by atoms with Crippen LogP contribution in [0.15, 0.2) is 36.9 Å². The molecule has 0 fully saturated rings. The van der Waals surface area contributed by atoms with Crippen molar-refractivity contribution in [1.29, 1.82) is 0 Å². The van der Waals surface area contributed by atoms with Gasteiger partial charge in [0.15, 0.2) is 0 Å². The summed E-state index contributed by atoms with van der Waals surface area (Å²) in [5.74, 6) is 0. The second-order valence-corrected chi connectivity index (χ2v) is 4.45. The summed E-state index contributed by atoms with van der Waals surface area (Å²) in [6.07, 6.45) is 2.65. The Hall–Kier alpha value is -2.11. The molecule has 0 spiro atoms. The molecule has 0 bridgehead atoms. The first kappa shape index (κ1) is 13.3. The average Bonchev–Trinajstić information content (AvgIpc) is 2.83. The van der Waals surface area contributed by atoms with Gasteiger partial charge in [0.1, 0.15) is 0 Å². The number of alkyl halides is 2. The number of anilines is 2. The molecule has 0 amide bonds. The van der Waals surface area contributed by atoms with E-state index in [1.165, 1.54) is 6.07 Å². The fourth-order valence-corrected chi connectivity index (χ4v) is 1.92. The second kappa shape index (κ2) is 5.69. The molecule has 19 heavy (non-hydrogen) atoms. The van der Waals surface area contributed by atoms with Crippen LogP contribution >= 0.6 is 0 Å². The Morgan fingerprint density at radius 1 is 1.42 bits per heavy atom. The predicted octanol–water partition coefficient (Wildman–Crippen LogP) is 2.90. The van der Waals surface area contributed by atoms with Gasteiger partial charge in [0, 0.05) is 41.9 Å². The molecule has 102 valence electrons. The number of rotatable bonds is 5. The van der Waals surface area contributed by atoms with Crippen molar-refractivity contribution in [2.75, 3.05) is 11.1 Å². The number of nitrogen functional groups attached to an aromatic ring is 1. The molecular formula is C13H16F2N4. The van der Waals surface area contributed by atoms with Crippen LogP contribution in [0.2, 0.25) is 0 Å². The normalized spacial score (nSPS) is 12.6. The zero-order valence-electron chi connectivity index (χ0n) is 10.6. The standard InChI is InChI=1S/C13H16F2N4/c1-9(7-19-5-4-17-8-19)18-12-3-2-10(16)6-11(12)13(14)15/h2-6,8-9,13,18H,7,16H2,1H3. The summed E-state index contributed by atoms with van der Waals surface area (Å²) in [6.45, 7) is 2.57. The van der Waals surface area contributed by atoms with Crippen LogP contribution in [-0.2, 0) is 6.54 Å². The fourth-order valence-electron chi connectivity index (χ4n) is 1.92. The van der Waals surface area contributed by atoms with Crippen molar-refractivity contribution in [3.8, 4) is 0 Å². The predicted molar refractivity (Wildman–Crippen MR) is 71.1 cm³/mol. The smallest absolute Gasteiger partial charge is 0.265 e.